The predicted molar refractivity (Wildman–Crippen MR) is 83.1 cm³/mol. The third-order valence-corrected chi connectivity index (χ3v) is 3.05. The first kappa shape index (κ1) is 16.8. The third-order valence-electron chi connectivity index (χ3n) is 3.05. The second-order valence-electron chi connectivity index (χ2n) is 5.41. The minimum atomic E-state index is -0.723. The lowest BCUT2D eigenvalue weighted by Gasteiger charge is -2.15. The van der Waals surface area contributed by atoms with E-state index in [2.05, 4.69) is 10.4 Å². The van der Waals surface area contributed by atoms with Crippen molar-refractivity contribution in [2.24, 2.45) is 0 Å². The molecule has 0 unspecified atom stereocenters. The number of anilines is 2. The number of hydrogen-bond donors (Lipinski definition) is 2. The van der Waals surface area contributed by atoms with Gasteiger partial charge >= 0.3 is 0 Å². The highest BCUT2D eigenvalue weighted by molar-refractivity contribution is 5.60. The van der Waals surface area contributed by atoms with Gasteiger partial charge in [-0.25, -0.2) is 4.39 Å². The first-order valence-corrected chi connectivity index (χ1v) is 6.91. The molecule has 8 nitrogen and oxygen atoms in total. The molecule has 1 heterocycles. The number of aliphatic hydroxyl groups is 1. The summed E-state index contributed by atoms with van der Waals surface area (Å²) in [5.74, 6) is -0.723. The van der Waals surface area contributed by atoms with Crippen LogP contribution in [0, 0.1) is 15.9 Å². The summed E-state index contributed by atoms with van der Waals surface area (Å²) in [7, 11) is 3.72. The Bertz CT molecular complexity index is 689. The van der Waals surface area contributed by atoms with E-state index >= 15 is 0 Å². The molecule has 1 atom stereocenters. The van der Waals surface area contributed by atoms with E-state index in [0.29, 0.717) is 18.8 Å². The zero-order valence-electron chi connectivity index (χ0n) is 12.8. The Morgan fingerprint density at radius 1 is 1.52 bits per heavy atom. The van der Waals surface area contributed by atoms with Crippen molar-refractivity contribution in [3.05, 3.63) is 46.5 Å². The normalized spacial score (nSPS) is 12.4. The molecule has 0 saturated carbocycles. The zero-order valence-corrected chi connectivity index (χ0v) is 12.8. The van der Waals surface area contributed by atoms with Gasteiger partial charge in [0.15, 0.2) is 5.82 Å². The number of benzene rings is 1. The van der Waals surface area contributed by atoms with Gasteiger partial charge in [0.25, 0.3) is 5.69 Å². The number of aliphatic hydroxyl groups excluding tert-OH is 1. The number of halogens is 1. The van der Waals surface area contributed by atoms with Crippen molar-refractivity contribution < 1.29 is 14.4 Å². The summed E-state index contributed by atoms with van der Waals surface area (Å²) < 4.78 is 15.4. The lowest BCUT2D eigenvalue weighted by Crippen LogP contribution is -2.29. The Morgan fingerprint density at radius 2 is 2.26 bits per heavy atom. The summed E-state index contributed by atoms with van der Waals surface area (Å²) in [6, 6.07) is 3.37. The highest BCUT2D eigenvalue weighted by Crippen LogP contribution is 2.23. The molecule has 0 fully saturated rings. The first-order valence-electron chi connectivity index (χ1n) is 6.91. The van der Waals surface area contributed by atoms with Crippen LogP contribution in [0.2, 0.25) is 0 Å². The maximum absolute atomic E-state index is 13.8. The Labute approximate surface area is 132 Å². The molecule has 2 aromatic rings. The molecule has 0 amide bonds. The third kappa shape index (κ3) is 4.73. The summed E-state index contributed by atoms with van der Waals surface area (Å²) >= 11 is 0. The van der Waals surface area contributed by atoms with Gasteiger partial charge in [0.2, 0.25) is 0 Å². The second-order valence-corrected chi connectivity index (χ2v) is 5.41. The first-order chi connectivity index (χ1) is 10.8. The molecule has 0 spiro atoms. The quantitative estimate of drug-likeness (QED) is 0.593. The van der Waals surface area contributed by atoms with Gasteiger partial charge in [-0.05, 0) is 20.2 Å². The molecule has 0 aliphatic rings. The van der Waals surface area contributed by atoms with Crippen molar-refractivity contribution in [1.82, 2.24) is 14.7 Å². The van der Waals surface area contributed by atoms with Gasteiger partial charge < -0.3 is 15.3 Å². The number of nitrogens with one attached hydrogen (secondary N) is 1. The Kier molecular flexibility index (Phi) is 5.24. The molecule has 0 bridgehead atoms. The predicted octanol–water partition coefficient (Wildman–Crippen LogP) is 1.60. The average Bonchev–Trinajstić information content (AvgIpc) is 2.87. The van der Waals surface area contributed by atoms with E-state index in [4.69, 9.17) is 0 Å². The Balaban J connectivity index is 2.03. The van der Waals surface area contributed by atoms with Crippen molar-refractivity contribution in [1.29, 1.82) is 0 Å². The highest BCUT2D eigenvalue weighted by atomic mass is 19.1. The molecule has 0 aliphatic carbocycles. The monoisotopic (exact) mass is 323 g/mol. The minimum Gasteiger partial charge on any atom is -0.390 e. The molecular formula is C14H18FN5O3. The van der Waals surface area contributed by atoms with Crippen LogP contribution in [0.3, 0.4) is 0 Å². The van der Waals surface area contributed by atoms with E-state index in [1.54, 1.807) is 10.9 Å². The molecule has 0 saturated heterocycles. The highest BCUT2D eigenvalue weighted by Gasteiger charge is 2.12. The number of hydrogen-bond acceptors (Lipinski definition) is 6. The van der Waals surface area contributed by atoms with Crippen molar-refractivity contribution >= 4 is 17.1 Å². The minimum absolute atomic E-state index is 0.115. The van der Waals surface area contributed by atoms with Gasteiger partial charge in [-0.3, -0.25) is 14.8 Å². The number of nitro groups is 1. The second kappa shape index (κ2) is 7.16. The van der Waals surface area contributed by atoms with Crippen LogP contribution in [0.1, 0.15) is 0 Å². The zero-order chi connectivity index (χ0) is 17.0. The van der Waals surface area contributed by atoms with Crippen LogP contribution < -0.4 is 5.32 Å². The Hall–Kier alpha value is -2.52. The molecule has 1 aromatic heterocycles. The van der Waals surface area contributed by atoms with Crippen molar-refractivity contribution in [2.75, 3.05) is 26.0 Å². The van der Waals surface area contributed by atoms with Crippen LogP contribution in [0.15, 0.2) is 30.6 Å². The van der Waals surface area contributed by atoms with Crippen LogP contribution in [0.4, 0.5) is 21.5 Å². The van der Waals surface area contributed by atoms with E-state index in [9.17, 15) is 19.6 Å². The molecule has 2 N–H and O–H groups in total. The maximum atomic E-state index is 13.8. The number of aromatic nitrogens is 2. The molecule has 0 radical (unpaired) electrons. The van der Waals surface area contributed by atoms with Crippen LogP contribution >= 0.6 is 0 Å². The van der Waals surface area contributed by atoms with Gasteiger partial charge in [0, 0.05) is 18.8 Å². The van der Waals surface area contributed by atoms with Crippen molar-refractivity contribution in [2.45, 2.75) is 12.6 Å². The number of likely N-dealkylation sites (N-methyl/N-ethyl adjacent to an activating group) is 1. The fourth-order valence-electron chi connectivity index (χ4n) is 2.10. The van der Waals surface area contributed by atoms with Gasteiger partial charge in [-0.2, -0.15) is 5.10 Å². The van der Waals surface area contributed by atoms with E-state index in [1.165, 1.54) is 18.3 Å². The van der Waals surface area contributed by atoms with Gasteiger partial charge in [0.1, 0.15) is 0 Å². The number of rotatable bonds is 7. The molecule has 1 aromatic carbocycles. The standard InChI is InChI=1S/C14H18FN5O3/c1-18(2)8-12(21)9-19-7-10(6-16-19)17-14-4-3-11(20(22)23)5-13(14)15/h3-7,12,17,21H,8-9H2,1-2H3/t12-/m1/s1. The lowest BCUT2D eigenvalue weighted by molar-refractivity contribution is -0.385. The van der Waals surface area contributed by atoms with E-state index < -0.39 is 16.8 Å². The van der Waals surface area contributed by atoms with E-state index in [1.807, 2.05) is 19.0 Å². The molecule has 2 rings (SSSR count). The molecule has 23 heavy (non-hydrogen) atoms. The number of nitro benzene ring substituents is 1. The molecular weight excluding hydrogens is 305 g/mol. The molecule has 0 aliphatic heterocycles. The number of non-ortho nitro benzene ring substituents is 1. The lowest BCUT2D eigenvalue weighted by atomic mass is 10.2. The molecule has 124 valence electrons. The summed E-state index contributed by atoms with van der Waals surface area (Å²) in [5.41, 5.74) is 0.328. The van der Waals surface area contributed by atoms with E-state index in [-0.39, 0.29) is 11.4 Å². The fourth-order valence-corrected chi connectivity index (χ4v) is 2.10. The van der Waals surface area contributed by atoms with Gasteiger partial charge in [0.05, 0.1) is 41.2 Å². The van der Waals surface area contributed by atoms with Crippen LogP contribution in [-0.2, 0) is 6.54 Å². The maximum Gasteiger partial charge on any atom is 0.272 e. The van der Waals surface area contributed by atoms with Crippen molar-refractivity contribution in [3.63, 3.8) is 0 Å². The van der Waals surface area contributed by atoms with Crippen LogP contribution in [-0.4, -0.2) is 51.5 Å². The molecule has 9 heteroatoms. The largest absolute Gasteiger partial charge is 0.390 e. The average molecular weight is 323 g/mol. The van der Waals surface area contributed by atoms with Gasteiger partial charge in [-0.15, -0.1) is 0 Å². The fraction of sp³-hybridized carbons (Fsp3) is 0.357. The summed E-state index contributed by atoms with van der Waals surface area (Å²) in [4.78, 5) is 11.8. The Morgan fingerprint density at radius 3 is 2.87 bits per heavy atom. The topological polar surface area (TPSA) is 96.5 Å². The summed E-state index contributed by atoms with van der Waals surface area (Å²) in [6.45, 7) is 0.808. The number of nitrogens with zero attached hydrogens (tertiary/aromatic N) is 4. The smallest absolute Gasteiger partial charge is 0.272 e. The van der Waals surface area contributed by atoms with Crippen LogP contribution in [0.25, 0.3) is 0 Å². The SMILES string of the molecule is CN(C)C[C@@H](O)Cn1cc(Nc2ccc([N+](=O)[O-])cc2F)cn1. The van der Waals surface area contributed by atoms with Gasteiger partial charge in [-0.1, -0.05) is 0 Å². The summed E-state index contributed by atoms with van der Waals surface area (Å²) in [5, 5.41) is 27.3. The summed E-state index contributed by atoms with van der Waals surface area (Å²) in [6.07, 6.45) is 2.54. The van der Waals surface area contributed by atoms with E-state index in [0.717, 1.165) is 6.07 Å². The van der Waals surface area contributed by atoms with Crippen molar-refractivity contribution in [3.8, 4) is 0 Å². The van der Waals surface area contributed by atoms with Crippen LogP contribution in [0.5, 0.6) is 0 Å².